The average molecular weight is 420 g/mol. The van der Waals surface area contributed by atoms with Crippen LogP contribution in [0.2, 0.25) is 5.02 Å². The number of nitrogens with zero attached hydrogens (tertiary/aromatic N) is 1. The van der Waals surface area contributed by atoms with Gasteiger partial charge in [-0.25, -0.2) is 4.39 Å². The second-order valence-corrected chi connectivity index (χ2v) is 8.16. The van der Waals surface area contributed by atoms with E-state index in [0.29, 0.717) is 30.5 Å². The molecule has 0 aromatic heterocycles. The average Bonchev–Trinajstić information content (AvgIpc) is 2.73. The Kier molecular flexibility index (Phi) is 4.67. The number of rotatable bonds is 2. The van der Waals surface area contributed by atoms with Crippen molar-refractivity contribution in [3.05, 3.63) is 88.3 Å². The van der Waals surface area contributed by atoms with Crippen molar-refractivity contribution in [2.24, 2.45) is 0 Å². The number of allylic oxidation sites excluding steroid dienone is 2. The quantitative estimate of drug-likeness (QED) is 0.498. The predicted octanol–water partition coefficient (Wildman–Crippen LogP) is 6.16. The summed E-state index contributed by atoms with van der Waals surface area (Å²) < 4.78 is 14.7. The van der Waals surface area contributed by atoms with Crippen LogP contribution in [0.4, 0.5) is 10.1 Å². The molecule has 5 heteroatoms. The Morgan fingerprint density at radius 3 is 2.53 bits per heavy atom. The van der Waals surface area contributed by atoms with Gasteiger partial charge >= 0.3 is 0 Å². The number of Topliss-reactive ketones (excluding diaryl/α,β-unsaturated/α-hetero) is 1. The monoisotopic (exact) mass is 419 g/mol. The fourth-order valence-corrected chi connectivity index (χ4v) is 5.06. The minimum absolute atomic E-state index is 0.00838. The first kappa shape index (κ1) is 19.0. The Morgan fingerprint density at radius 1 is 0.933 bits per heavy atom. The molecule has 30 heavy (non-hydrogen) atoms. The van der Waals surface area contributed by atoms with Gasteiger partial charge in [0.15, 0.2) is 5.78 Å². The summed E-state index contributed by atoms with van der Waals surface area (Å²) in [5, 5.41) is 2.21. The van der Waals surface area contributed by atoms with Gasteiger partial charge in [-0.15, -0.1) is 0 Å². The lowest BCUT2D eigenvalue weighted by atomic mass is 9.77. The lowest BCUT2D eigenvalue weighted by Gasteiger charge is -2.39. The first-order valence-corrected chi connectivity index (χ1v) is 10.4. The second-order valence-electron chi connectivity index (χ2n) is 7.76. The van der Waals surface area contributed by atoms with E-state index in [1.807, 2.05) is 42.5 Å². The Balaban J connectivity index is 1.75. The van der Waals surface area contributed by atoms with Crippen molar-refractivity contribution in [3.63, 3.8) is 0 Å². The van der Waals surface area contributed by atoms with E-state index in [9.17, 15) is 14.0 Å². The fourth-order valence-electron chi connectivity index (χ4n) is 4.77. The van der Waals surface area contributed by atoms with Crippen molar-refractivity contribution < 1.29 is 14.0 Å². The summed E-state index contributed by atoms with van der Waals surface area (Å²) in [6.07, 6.45) is 1.68. The molecule has 0 N–H and O–H groups in total. The number of ketones is 1. The smallest absolute Gasteiger partial charge is 0.232 e. The van der Waals surface area contributed by atoms with Crippen LogP contribution in [0.5, 0.6) is 0 Å². The standard InChI is InChI=1S/C25H19ClFNO2/c26-18-9-4-10-19(27)24(18)17-14-23(30)28(21-12-5-13-22(29)25(17)21)20-11-3-7-15-6-1-2-8-16(15)20/h1-4,6-11,17H,5,12-14H2. The van der Waals surface area contributed by atoms with E-state index in [1.165, 1.54) is 12.1 Å². The zero-order chi connectivity index (χ0) is 20.8. The zero-order valence-electron chi connectivity index (χ0n) is 16.2. The van der Waals surface area contributed by atoms with Gasteiger partial charge in [0.1, 0.15) is 5.82 Å². The Hall–Kier alpha value is -2.98. The van der Waals surface area contributed by atoms with Crippen LogP contribution in [0, 0.1) is 5.82 Å². The van der Waals surface area contributed by atoms with Gasteiger partial charge in [0.05, 0.1) is 5.69 Å². The second kappa shape index (κ2) is 7.37. The third kappa shape index (κ3) is 2.94. The molecule has 0 fully saturated rings. The molecule has 1 atom stereocenters. The maximum atomic E-state index is 14.7. The highest BCUT2D eigenvalue weighted by Crippen LogP contribution is 2.46. The van der Waals surface area contributed by atoms with Crippen LogP contribution < -0.4 is 4.90 Å². The first-order valence-electron chi connectivity index (χ1n) is 10.1. The van der Waals surface area contributed by atoms with Gasteiger partial charge in [0.25, 0.3) is 0 Å². The molecule has 3 nitrogen and oxygen atoms in total. The number of hydrogen-bond acceptors (Lipinski definition) is 2. The summed E-state index contributed by atoms with van der Waals surface area (Å²) >= 11 is 6.32. The molecule has 1 aliphatic heterocycles. The van der Waals surface area contributed by atoms with Gasteiger partial charge in [-0.05, 0) is 36.4 Å². The molecular weight excluding hydrogens is 401 g/mol. The summed E-state index contributed by atoms with van der Waals surface area (Å²) in [6.45, 7) is 0. The van der Waals surface area contributed by atoms with Crippen LogP contribution in [0.3, 0.4) is 0 Å². The van der Waals surface area contributed by atoms with Crippen molar-refractivity contribution >= 4 is 39.8 Å². The minimum Gasteiger partial charge on any atom is -0.294 e. The number of amides is 1. The van der Waals surface area contributed by atoms with E-state index < -0.39 is 11.7 Å². The molecule has 0 saturated heterocycles. The number of anilines is 1. The van der Waals surface area contributed by atoms with Crippen molar-refractivity contribution in [1.82, 2.24) is 0 Å². The van der Waals surface area contributed by atoms with Gasteiger partial charge in [-0.2, -0.15) is 0 Å². The summed E-state index contributed by atoms with van der Waals surface area (Å²) in [4.78, 5) is 28.1. The highest BCUT2D eigenvalue weighted by molar-refractivity contribution is 6.31. The van der Waals surface area contributed by atoms with E-state index in [4.69, 9.17) is 11.6 Å². The van der Waals surface area contributed by atoms with Crippen molar-refractivity contribution in [1.29, 1.82) is 0 Å². The maximum Gasteiger partial charge on any atom is 0.232 e. The highest BCUT2D eigenvalue weighted by Gasteiger charge is 2.41. The third-order valence-corrected chi connectivity index (χ3v) is 6.36. The molecule has 1 aliphatic carbocycles. The molecule has 5 rings (SSSR count). The lowest BCUT2D eigenvalue weighted by molar-refractivity contribution is -0.119. The van der Waals surface area contributed by atoms with Gasteiger partial charge in [0.2, 0.25) is 5.91 Å². The molecule has 2 aliphatic rings. The fraction of sp³-hybridized carbons (Fsp3) is 0.200. The topological polar surface area (TPSA) is 37.4 Å². The number of fused-ring (bicyclic) bond motifs is 1. The van der Waals surface area contributed by atoms with E-state index >= 15 is 0 Å². The largest absolute Gasteiger partial charge is 0.294 e. The van der Waals surface area contributed by atoms with Gasteiger partial charge in [0, 0.05) is 46.0 Å². The van der Waals surface area contributed by atoms with Crippen molar-refractivity contribution in [3.8, 4) is 0 Å². The molecule has 0 saturated carbocycles. The Bertz CT molecular complexity index is 1210. The van der Waals surface area contributed by atoms with Crippen LogP contribution in [0.1, 0.15) is 37.2 Å². The van der Waals surface area contributed by atoms with Crippen LogP contribution in [0.15, 0.2) is 71.9 Å². The van der Waals surface area contributed by atoms with E-state index in [-0.39, 0.29) is 28.7 Å². The first-order chi connectivity index (χ1) is 14.6. The SMILES string of the molecule is O=C1CCCC2=C1C(c1c(F)cccc1Cl)CC(=O)N2c1cccc2ccccc12. The highest BCUT2D eigenvalue weighted by atomic mass is 35.5. The summed E-state index contributed by atoms with van der Waals surface area (Å²) in [7, 11) is 0. The zero-order valence-corrected chi connectivity index (χ0v) is 17.0. The van der Waals surface area contributed by atoms with E-state index in [2.05, 4.69) is 0 Å². The van der Waals surface area contributed by atoms with Crippen LogP contribution in [0.25, 0.3) is 10.8 Å². The Labute approximate surface area is 178 Å². The molecule has 3 aromatic rings. The molecule has 150 valence electrons. The number of benzene rings is 3. The van der Waals surface area contributed by atoms with Gasteiger partial charge < -0.3 is 0 Å². The molecule has 1 unspecified atom stereocenters. The maximum absolute atomic E-state index is 14.7. The summed E-state index contributed by atoms with van der Waals surface area (Å²) in [6, 6.07) is 18.1. The number of carbonyl (C=O) groups excluding carboxylic acids is 2. The molecule has 1 heterocycles. The molecule has 0 bridgehead atoms. The van der Waals surface area contributed by atoms with Crippen molar-refractivity contribution in [2.75, 3.05) is 4.90 Å². The third-order valence-electron chi connectivity index (χ3n) is 6.03. The summed E-state index contributed by atoms with van der Waals surface area (Å²) in [5.41, 5.74) is 2.22. The number of hydrogen-bond donors (Lipinski definition) is 0. The van der Waals surface area contributed by atoms with Crippen LogP contribution >= 0.6 is 11.6 Å². The van der Waals surface area contributed by atoms with Gasteiger partial charge in [-0.1, -0.05) is 54.1 Å². The molecule has 0 spiro atoms. The minimum atomic E-state index is -0.653. The van der Waals surface area contributed by atoms with E-state index in [0.717, 1.165) is 16.5 Å². The number of carbonyl (C=O) groups is 2. The molecule has 0 radical (unpaired) electrons. The Morgan fingerprint density at radius 2 is 1.70 bits per heavy atom. The molecule has 3 aromatic carbocycles. The predicted molar refractivity (Wildman–Crippen MR) is 116 cm³/mol. The lowest BCUT2D eigenvalue weighted by Crippen LogP contribution is -2.40. The normalized spacial score (nSPS) is 19.4. The molecule has 1 amide bonds. The summed E-state index contributed by atoms with van der Waals surface area (Å²) in [5.74, 6) is -1.31. The number of halogens is 2. The van der Waals surface area contributed by atoms with Gasteiger partial charge in [-0.3, -0.25) is 14.5 Å². The van der Waals surface area contributed by atoms with Crippen molar-refractivity contribution in [2.45, 2.75) is 31.6 Å². The molecular formula is C25H19ClFNO2. The van der Waals surface area contributed by atoms with Crippen LogP contribution in [-0.2, 0) is 9.59 Å². The van der Waals surface area contributed by atoms with Crippen LogP contribution in [-0.4, -0.2) is 11.7 Å². The van der Waals surface area contributed by atoms with E-state index in [1.54, 1.807) is 11.0 Å².